The highest BCUT2D eigenvalue weighted by Gasteiger charge is 2.16. The molecule has 2 aromatic heterocycles. The zero-order valence-electron chi connectivity index (χ0n) is 14.5. The summed E-state index contributed by atoms with van der Waals surface area (Å²) >= 11 is 3.32. The van der Waals surface area contributed by atoms with E-state index in [4.69, 9.17) is 4.74 Å². The Kier molecular flexibility index (Phi) is 5.94. The lowest BCUT2D eigenvalue weighted by molar-refractivity contribution is 0.407. The molecule has 0 radical (unpaired) electrons. The number of thioether (sulfide) groups is 1. The number of nitrogens with one attached hydrogen (secondary N) is 1. The van der Waals surface area contributed by atoms with Crippen molar-refractivity contribution in [2.45, 2.75) is 62.1 Å². The first-order chi connectivity index (χ1) is 11.7. The summed E-state index contributed by atoms with van der Waals surface area (Å²) in [4.78, 5) is 4.54. The van der Waals surface area contributed by atoms with Gasteiger partial charge in [0, 0.05) is 29.1 Å². The summed E-state index contributed by atoms with van der Waals surface area (Å²) in [6, 6.07) is 0.565. The molecule has 1 N–H and O–H groups in total. The molecule has 1 fully saturated rings. The van der Waals surface area contributed by atoms with Gasteiger partial charge in [0.1, 0.15) is 5.75 Å². The molecule has 7 heteroatoms. The van der Waals surface area contributed by atoms with Gasteiger partial charge >= 0.3 is 0 Å². The number of anilines is 1. The van der Waals surface area contributed by atoms with Crippen molar-refractivity contribution < 1.29 is 4.74 Å². The van der Waals surface area contributed by atoms with Crippen LogP contribution in [0, 0.1) is 13.8 Å². The lowest BCUT2D eigenvalue weighted by Crippen LogP contribution is -2.21. The van der Waals surface area contributed by atoms with Crippen LogP contribution in [0.25, 0.3) is 0 Å². The van der Waals surface area contributed by atoms with E-state index < -0.39 is 0 Å². The van der Waals surface area contributed by atoms with Crippen molar-refractivity contribution in [2.24, 2.45) is 0 Å². The number of aryl methyl sites for hydroxylation is 1. The van der Waals surface area contributed by atoms with Crippen LogP contribution < -0.4 is 10.1 Å². The third kappa shape index (κ3) is 4.19. The normalized spacial score (nSPS) is 15.5. The Labute approximate surface area is 151 Å². The van der Waals surface area contributed by atoms with Gasteiger partial charge in [-0.05, 0) is 26.7 Å². The monoisotopic (exact) mass is 364 g/mol. The molecule has 130 valence electrons. The summed E-state index contributed by atoms with van der Waals surface area (Å²) in [6.45, 7) is 4.08. The number of aromatic nitrogens is 3. The summed E-state index contributed by atoms with van der Waals surface area (Å²) in [7, 11) is 1.71. The minimum absolute atomic E-state index is 0.565. The fourth-order valence-electron chi connectivity index (χ4n) is 3.09. The van der Waals surface area contributed by atoms with Crippen molar-refractivity contribution in [1.29, 1.82) is 0 Å². The van der Waals surface area contributed by atoms with Gasteiger partial charge in [-0.2, -0.15) is 0 Å². The molecule has 1 aliphatic rings. The predicted molar refractivity (Wildman–Crippen MR) is 100 cm³/mol. The molecule has 0 saturated heterocycles. The van der Waals surface area contributed by atoms with Gasteiger partial charge in [0.25, 0.3) is 0 Å². The Hall–Kier alpha value is -1.34. The number of pyridine rings is 1. The second kappa shape index (κ2) is 8.16. The molecule has 0 atom stereocenters. The summed E-state index contributed by atoms with van der Waals surface area (Å²) in [5.74, 6) is 1.71. The first kappa shape index (κ1) is 17.5. The van der Waals surface area contributed by atoms with Crippen LogP contribution in [0.3, 0.4) is 0 Å². The molecule has 24 heavy (non-hydrogen) atoms. The molecule has 5 nitrogen and oxygen atoms in total. The molecule has 0 bridgehead atoms. The quantitative estimate of drug-likeness (QED) is 0.756. The van der Waals surface area contributed by atoms with Crippen LogP contribution in [0.2, 0.25) is 0 Å². The first-order valence-corrected chi connectivity index (χ1v) is 10.2. The van der Waals surface area contributed by atoms with Gasteiger partial charge in [-0.3, -0.25) is 4.98 Å². The van der Waals surface area contributed by atoms with Crippen molar-refractivity contribution >= 4 is 28.2 Å². The lowest BCUT2D eigenvalue weighted by Gasteiger charge is -2.21. The largest absolute Gasteiger partial charge is 0.496 e. The number of methoxy groups -OCH3 is 1. The third-order valence-electron chi connectivity index (χ3n) is 4.42. The Morgan fingerprint density at radius 3 is 2.79 bits per heavy atom. The zero-order valence-corrected chi connectivity index (χ0v) is 16.1. The minimum atomic E-state index is 0.565. The van der Waals surface area contributed by atoms with Gasteiger partial charge in [-0.15, -0.1) is 10.2 Å². The zero-order chi connectivity index (χ0) is 16.9. The number of ether oxygens (including phenoxy) is 1. The molecule has 0 spiro atoms. The van der Waals surface area contributed by atoms with Crippen molar-refractivity contribution in [2.75, 3.05) is 12.4 Å². The highest BCUT2D eigenvalue weighted by atomic mass is 32.2. The Bertz CT molecular complexity index is 683. The van der Waals surface area contributed by atoms with E-state index in [0.29, 0.717) is 6.04 Å². The number of hydrogen-bond acceptors (Lipinski definition) is 7. The van der Waals surface area contributed by atoms with E-state index in [1.165, 1.54) is 32.1 Å². The van der Waals surface area contributed by atoms with E-state index in [9.17, 15) is 0 Å². The highest BCUT2D eigenvalue weighted by molar-refractivity contribution is 8.00. The maximum atomic E-state index is 5.47. The molecular weight excluding hydrogens is 340 g/mol. The van der Waals surface area contributed by atoms with Crippen LogP contribution in [-0.2, 0) is 5.75 Å². The molecule has 0 aliphatic heterocycles. The number of hydrogen-bond donors (Lipinski definition) is 1. The van der Waals surface area contributed by atoms with Crippen LogP contribution >= 0.6 is 23.1 Å². The predicted octanol–water partition coefficient (Wildman–Crippen LogP) is 4.60. The molecule has 1 saturated carbocycles. The average Bonchev–Trinajstić information content (AvgIpc) is 3.03. The Balaban J connectivity index is 1.59. The van der Waals surface area contributed by atoms with E-state index in [2.05, 4.69) is 27.4 Å². The van der Waals surface area contributed by atoms with E-state index in [0.717, 1.165) is 37.8 Å². The van der Waals surface area contributed by atoms with Crippen LogP contribution in [0.4, 0.5) is 5.13 Å². The maximum Gasteiger partial charge on any atom is 0.206 e. The van der Waals surface area contributed by atoms with Crippen LogP contribution in [0.15, 0.2) is 10.5 Å². The van der Waals surface area contributed by atoms with Crippen molar-refractivity contribution in [3.63, 3.8) is 0 Å². The SMILES string of the molecule is COc1c(C)cnc(CSc2nnc(NC3CCCCC3)s2)c1C. The summed E-state index contributed by atoms with van der Waals surface area (Å²) in [6.07, 6.45) is 8.36. The van der Waals surface area contributed by atoms with Crippen LogP contribution in [0.5, 0.6) is 5.75 Å². The number of rotatable bonds is 6. The maximum absolute atomic E-state index is 5.47. The van der Waals surface area contributed by atoms with E-state index >= 15 is 0 Å². The molecule has 3 rings (SSSR count). The molecular formula is C17H24N4OS2. The van der Waals surface area contributed by atoms with Gasteiger partial charge in [-0.25, -0.2) is 0 Å². The fraction of sp³-hybridized carbons (Fsp3) is 0.588. The molecule has 2 aromatic rings. The second-order valence-electron chi connectivity index (χ2n) is 6.19. The average molecular weight is 365 g/mol. The molecule has 0 aromatic carbocycles. The fourth-order valence-corrected chi connectivity index (χ4v) is 4.95. The van der Waals surface area contributed by atoms with Crippen molar-refractivity contribution in [3.8, 4) is 5.75 Å². The van der Waals surface area contributed by atoms with Crippen molar-refractivity contribution in [1.82, 2.24) is 15.2 Å². The lowest BCUT2D eigenvalue weighted by atomic mass is 9.96. The van der Waals surface area contributed by atoms with Crippen LogP contribution in [0.1, 0.15) is 48.9 Å². The van der Waals surface area contributed by atoms with E-state index in [-0.39, 0.29) is 0 Å². The molecule has 0 amide bonds. The van der Waals surface area contributed by atoms with Gasteiger partial charge in [0.15, 0.2) is 4.34 Å². The molecule has 2 heterocycles. The summed E-state index contributed by atoms with van der Waals surface area (Å²) in [5, 5.41) is 13.1. The second-order valence-corrected chi connectivity index (χ2v) is 8.39. The highest BCUT2D eigenvalue weighted by Crippen LogP contribution is 2.32. The van der Waals surface area contributed by atoms with Gasteiger partial charge in [-0.1, -0.05) is 42.4 Å². The molecule has 1 aliphatic carbocycles. The van der Waals surface area contributed by atoms with Gasteiger partial charge in [0.2, 0.25) is 5.13 Å². The molecule has 0 unspecified atom stereocenters. The Morgan fingerprint density at radius 1 is 1.25 bits per heavy atom. The van der Waals surface area contributed by atoms with E-state index in [1.807, 2.05) is 13.1 Å². The van der Waals surface area contributed by atoms with E-state index in [1.54, 1.807) is 30.2 Å². The minimum Gasteiger partial charge on any atom is -0.496 e. The number of nitrogens with zero attached hydrogens (tertiary/aromatic N) is 3. The smallest absolute Gasteiger partial charge is 0.206 e. The standard InChI is InChI=1S/C17H24N4OS2/c1-11-9-18-14(12(2)15(11)22-3)10-23-17-21-20-16(24-17)19-13-7-5-4-6-8-13/h9,13H,4-8,10H2,1-3H3,(H,19,20). The van der Waals surface area contributed by atoms with Gasteiger partial charge < -0.3 is 10.1 Å². The van der Waals surface area contributed by atoms with Crippen molar-refractivity contribution in [3.05, 3.63) is 23.0 Å². The topological polar surface area (TPSA) is 59.9 Å². The first-order valence-electron chi connectivity index (χ1n) is 8.39. The van der Waals surface area contributed by atoms with Gasteiger partial charge in [0.05, 0.1) is 12.8 Å². The summed E-state index contributed by atoms with van der Waals surface area (Å²) < 4.78 is 6.45. The third-order valence-corrected chi connectivity index (χ3v) is 6.42. The van der Waals surface area contributed by atoms with Crippen LogP contribution in [-0.4, -0.2) is 28.3 Å². The summed E-state index contributed by atoms with van der Waals surface area (Å²) in [5.41, 5.74) is 3.22. The Morgan fingerprint density at radius 2 is 2.04 bits per heavy atom.